The van der Waals surface area contributed by atoms with Gasteiger partial charge >= 0.3 is 0 Å². The molecule has 0 saturated carbocycles. The summed E-state index contributed by atoms with van der Waals surface area (Å²) in [6.45, 7) is 7.03. The normalized spacial score (nSPS) is 15.9. The first-order valence-electron chi connectivity index (χ1n) is 10.4. The molecule has 158 valence electrons. The van der Waals surface area contributed by atoms with E-state index in [0.29, 0.717) is 11.6 Å². The highest BCUT2D eigenvalue weighted by molar-refractivity contribution is 6.31. The number of ether oxygens (including phenoxy) is 1. The Morgan fingerprint density at radius 3 is 2.73 bits per heavy atom. The molecular formula is C23H27ClN4O2. The van der Waals surface area contributed by atoms with Crippen molar-refractivity contribution in [2.45, 2.75) is 19.4 Å². The van der Waals surface area contributed by atoms with Gasteiger partial charge < -0.3 is 10.1 Å². The van der Waals surface area contributed by atoms with Crippen LogP contribution in [0.15, 0.2) is 48.5 Å². The Morgan fingerprint density at radius 1 is 1.20 bits per heavy atom. The molecule has 1 fully saturated rings. The lowest BCUT2D eigenvalue weighted by Gasteiger charge is -2.26. The van der Waals surface area contributed by atoms with Crippen molar-refractivity contribution in [1.82, 2.24) is 20.0 Å². The first-order chi connectivity index (χ1) is 14.6. The number of hydrogen-bond acceptors (Lipinski definition) is 4. The SMILES string of the molecule is CC(C(=O)NCCCN1CCOCC1)n1nc(-c2ccccc2)c2cc(Cl)ccc21. The predicted octanol–water partition coefficient (Wildman–Crippen LogP) is 3.76. The number of hydrogen-bond donors (Lipinski definition) is 1. The average molecular weight is 427 g/mol. The number of aromatic nitrogens is 2. The summed E-state index contributed by atoms with van der Waals surface area (Å²) in [6.07, 6.45) is 0.920. The maximum Gasteiger partial charge on any atom is 0.244 e. The molecule has 1 aliphatic rings. The molecule has 6 nitrogen and oxygen atoms in total. The third-order valence-corrected chi connectivity index (χ3v) is 5.75. The summed E-state index contributed by atoms with van der Waals surface area (Å²) in [4.78, 5) is 15.2. The number of amides is 1. The fourth-order valence-electron chi connectivity index (χ4n) is 3.82. The van der Waals surface area contributed by atoms with Crippen LogP contribution in [0.2, 0.25) is 5.02 Å². The summed E-state index contributed by atoms with van der Waals surface area (Å²) < 4.78 is 7.17. The summed E-state index contributed by atoms with van der Waals surface area (Å²) in [6, 6.07) is 15.2. The van der Waals surface area contributed by atoms with Gasteiger partial charge in [-0.25, -0.2) is 0 Å². The Bertz CT molecular complexity index is 999. The second-order valence-corrected chi connectivity index (χ2v) is 8.03. The van der Waals surface area contributed by atoms with Crippen molar-refractivity contribution in [3.63, 3.8) is 0 Å². The molecule has 1 aliphatic heterocycles. The third-order valence-electron chi connectivity index (χ3n) is 5.52. The van der Waals surface area contributed by atoms with Gasteiger partial charge in [-0.05, 0) is 38.1 Å². The van der Waals surface area contributed by atoms with Crippen LogP contribution in [-0.2, 0) is 9.53 Å². The predicted molar refractivity (Wildman–Crippen MR) is 120 cm³/mol. The van der Waals surface area contributed by atoms with Crippen LogP contribution < -0.4 is 5.32 Å². The van der Waals surface area contributed by atoms with E-state index in [2.05, 4.69) is 10.2 Å². The van der Waals surface area contributed by atoms with Crippen LogP contribution in [-0.4, -0.2) is 60.0 Å². The van der Waals surface area contributed by atoms with E-state index in [0.717, 1.165) is 61.4 Å². The Labute approximate surface area is 181 Å². The van der Waals surface area contributed by atoms with E-state index < -0.39 is 6.04 Å². The van der Waals surface area contributed by atoms with Crippen LogP contribution >= 0.6 is 11.6 Å². The van der Waals surface area contributed by atoms with Crippen molar-refractivity contribution in [1.29, 1.82) is 0 Å². The minimum atomic E-state index is -0.422. The molecule has 0 aliphatic carbocycles. The molecule has 3 aromatic rings. The molecule has 2 heterocycles. The largest absolute Gasteiger partial charge is 0.379 e. The smallest absolute Gasteiger partial charge is 0.244 e. The van der Waals surface area contributed by atoms with Crippen molar-refractivity contribution < 1.29 is 9.53 Å². The molecule has 1 N–H and O–H groups in total. The van der Waals surface area contributed by atoms with Gasteiger partial charge in [0.15, 0.2) is 0 Å². The first kappa shape index (κ1) is 20.8. The van der Waals surface area contributed by atoms with Crippen LogP contribution in [0.3, 0.4) is 0 Å². The lowest BCUT2D eigenvalue weighted by molar-refractivity contribution is -0.124. The zero-order chi connectivity index (χ0) is 20.9. The molecule has 1 amide bonds. The summed E-state index contributed by atoms with van der Waals surface area (Å²) in [5.74, 6) is -0.0315. The van der Waals surface area contributed by atoms with Crippen molar-refractivity contribution >= 4 is 28.4 Å². The Morgan fingerprint density at radius 2 is 1.97 bits per heavy atom. The van der Waals surface area contributed by atoms with E-state index in [4.69, 9.17) is 21.4 Å². The number of carbonyl (C=O) groups is 1. The standard InChI is InChI=1S/C23H27ClN4O2/c1-17(23(29)25-10-5-11-27-12-14-30-15-13-27)28-21-9-8-19(24)16-20(21)22(26-28)18-6-3-2-4-7-18/h2-4,6-9,16-17H,5,10-15H2,1H3,(H,25,29). The van der Waals surface area contributed by atoms with E-state index in [9.17, 15) is 4.79 Å². The average Bonchev–Trinajstić information content (AvgIpc) is 3.16. The first-order valence-corrected chi connectivity index (χ1v) is 10.8. The summed E-state index contributed by atoms with van der Waals surface area (Å²) in [5, 5.41) is 9.46. The molecule has 30 heavy (non-hydrogen) atoms. The molecular weight excluding hydrogens is 400 g/mol. The van der Waals surface area contributed by atoms with Gasteiger partial charge in [-0.1, -0.05) is 41.9 Å². The fourth-order valence-corrected chi connectivity index (χ4v) is 3.99. The Kier molecular flexibility index (Phi) is 6.67. The summed E-state index contributed by atoms with van der Waals surface area (Å²) in [7, 11) is 0. The lowest BCUT2D eigenvalue weighted by Crippen LogP contribution is -2.38. The topological polar surface area (TPSA) is 59.4 Å². The molecule has 1 saturated heterocycles. The van der Waals surface area contributed by atoms with Gasteiger partial charge in [0.25, 0.3) is 0 Å². The van der Waals surface area contributed by atoms with Gasteiger partial charge in [0, 0.05) is 35.6 Å². The maximum absolute atomic E-state index is 12.8. The number of nitrogens with one attached hydrogen (secondary N) is 1. The van der Waals surface area contributed by atoms with Crippen molar-refractivity contribution in [2.75, 3.05) is 39.4 Å². The molecule has 1 unspecified atom stereocenters. The zero-order valence-corrected chi connectivity index (χ0v) is 17.9. The van der Waals surface area contributed by atoms with Gasteiger partial charge in [0.05, 0.1) is 18.7 Å². The quantitative estimate of drug-likeness (QED) is 0.584. The number of morpholine rings is 1. The fraction of sp³-hybridized carbons (Fsp3) is 0.391. The number of nitrogens with zero attached hydrogens (tertiary/aromatic N) is 3. The second kappa shape index (κ2) is 9.60. The summed E-state index contributed by atoms with van der Waals surface area (Å²) in [5.41, 5.74) is 2.73. The number of carbonyl (C=O) groups excluding carboxylic acids is 1. The second-order valence-electron chi connectivity index (χ2n) is 7.60. The molecule has 1 aromatic heterocycles. The molecule has 1 atom stereocenters. The number of fused-ring (bicyclic) bond motifs is 1. The number of benzene rings is 2. The van der Waals surface area contributed by atoms with Crippen molar-refractivity contribution in [3.8, 4) is 11.3 Å². The number of rotatable bonds is 7. The Balaban J connectivity index is 1.47. The molecule has 4 rings (SSSR count). The zero-order valence-electron chi connectivity index (χ0n) is 17.2. The van der Waals surface area contributed by atoms with E-state index >= 15 is 0 Å². The molecule has 0 bridgehead atoms. The molecule has 0 radical (unpaired) electrons. The van der Waals surface area contributed by atoms with Gasteiger partial charge in [0.1, 0.15) is 11.7 Å². The molecule has 2 aromatic carbocycles. The minimum absolute atomic E-state index is 0.0315. The van der Waals surface area contributed by atoms with Crippen molar-refractivity contribution in [2.24, 2.45) is 0 Å². The van der Waals surface area contributed by atoms with Gasteiger partial charge in [0.2, 0.25) is 5.91 Å². The van der Waals surface area contributed by atoms with E-state index in [1.807, 2.05) is 55.5 Å². The highest BCUT2D eigenvalue weighted by Crippen LogP contribution is 2.31. The van der Waals surface area contributed by atoms with E-state index in [1.165, 1.54) is 0 Å². The van der Waals surface area contributed by atoms with Crippen LogP contribution in [0.4, 0.5) is 0 Å². The van der Waals surface area contributed by atoms with Crippen LogP contribution in [0.1, 0.15) is 19.4 Å². The molecule has 7 heteroatoms. The number of halogens is 1. The maximum atomic E-state index is 12.8. The highest BCUT2D eigenvalue weighted by atomic mass is 35.5. The van der Waals surface area contributed by atoms with E-state index in [-0.39, 0.29) is 5.91 Å². The highest BCUT2D eigenvalue weighted by Gasteiger charge is 2.21. The molecule has 0 spiro atoms. The van der Waals surface area contributed by atoms with Gasteiger partial charge in [-0.2, -0.15) is 5.10 Å². The van der Waals surface area contributed by atoms with Crippen molar-refractivity contribution in [3.05, 3.63) is 53.6 Å². The Hall–Kier alpha value is -2.41. The van der Waals surface area contributed by atoms with Gasteiger partial charge in [-0.15, -0.1) is 0 Å². The van der Waals surface area contributed by atoms with Crippen LogP contribution in [0.25, 0.3) is 22.2 Å². The van der Waals surface area contributed by atoms with Gasteiger partial charge in [-0.3, -0.25) is 14.4 Å². The lowest BCUT2D eigenvalue weighted by atomic mass is 10.1. The minimum Gasteiger partial charge on any atom is -0.379 e. The van der Waals surface area contributed by atoms with Crippen LogP contribution in [0, 0.1) is 0 Å². The summed E-state index contributed by atoms with van der Waals surface area (Å²) >= 11 is 6.25. The van der Waals surface area contributed by atoms with E-state index in [1.54, 1.807) is 4.68 Å². The monoisotopic (exact) mass is 426 g/mol. The third kappa shape index (κ3) is 4.67. The van der Waals surface area contributed by atoms with Crippen LogP contribution in [0.5, 0.6) is 0 Å².